The third kappa shape index (κ3) is 4.44. The number of ketones is 1. The number of fused-ring (bicyclic) bond motifs is 1. The second-order valence-electron chi connectivity index (χ2n) is 11.0. The molecule has 1 atom stereocenters. The molecule has 6 heteroatoms. The van der Waals surface area contributed by atoms with Gasteiger partial charge in [0, 0.05) is 18.3 Å². The van der Waals surface area contributed by atoms with Crippen molar-refractivity contribution in [3.63, 3.8) is 0 Å². The highest BCUT2D eigenvalue weighted by Gasteiger charge is 2.47. The molecule has 0 bridgehead atoms. The lowest BCUT2D eigenvalue weighted by atomic mass is 9.87. The first-order valence-corrected chi connectivity index (χ1v) is 13.1. The molecule has 0 spiro atoms. The average Bonchev–Trinajstić information content (AvgIpc) is 3.18. The molecule has 196 valence electrons. The Morgan fingerprint density at radius 1 is 1.00 bits per heavy atom. The standard InChI is InChI=1S/C32H34N2O4/c1-6-20-7-9-21(10-8-20)28-27(29(35)22-11-16-26-25(19-22)33(5)17-18-38-26)30(36)31(37)34(28)24-14-12-23(13-15-24)32(2,3)4/h7-16,19,28,35H,6,17-18H2,1-5H3/b29-27-. The first-order valence-electron chi connectivity index (χ1n) is 13.1. The van der Waals surface area contributed by atoms with E-state index in [2.05, 4.69) is 27.7 Å². The number of aryl methyl sites for hydroxylation is 1. The predicted molar refractivity (Wildman–Crippen MR) is 151 cm³/mol. The monoisotopic (exact) mass is 510 g/mol. The van der Waals surface area contributed by atoms with Crippen LogP contribution in [0.4, 0.5) is 11.4 Å². The van der Waals surface area contributed by atoms with E-state index in [1.54, 1.807) is 12.1 Å². The van der Waals surface area contributed by atoms with Gasteiger partial charge in [0.25, 0.3) is 11.7 Å². The number of Topliss-reactive ketones (excluding diaryl/α,β-unsaturated/α-hetero) is 1. The van der Waals surface area contributed by atoms with Gasteiger partial charge in [0.2, 0.25) is 0 Å². The molecule has 0 radical (unpaired) electrons. The molecule has 1 unspecified atom stereocenters. The second-order valence-corrected chi connectivity index (χ2v) is 11.0. The number of benzene rings is 3. The van der Waals surface area contributed by atoms with Crippen LogP contribution in [0.25, 0.3) is 5.76 Å². The highest BCUT2D eigenvalue weighted by molar-refractivity contribution is 6.51. The third-order valence-corrected chi connectivity index (χ3v) is 7.49. The summed E-state index contributed by atoms with van der Waals surface area (Å²) in [6.07, 6.45) is 0.874. The van der Waals surface area contributed by atoms with Crippen LogP contribution in [0, 0.1) is 0 Å². The molecule has 1 fully saturated rings. The topological polar surface area (TPSA) is 70.1 Å². The molecule has 0 aromatic heterocycles. The molecule has 1 saturated heterocycles. The number of aliphatic hydroxyl groups excluding tert-OH is 1. The molecule has 0 saturated carbocycles. The van der Waals surface area contributed by atoms with Crippen LogP contribution in [0.15, 0.2) is 72.3 Å². The van der Waals surface area contributed by atoms with Gasteiger partial charge in [-0.15, -0.1) is 0 Å². The van der Waals surface area contributed by atoms with Crippen LogP contribution in [0.3, 0.4) is 0 Å². The lowest BCUT2D eigenvalue weighted by molar-refractivity contribution is -0.132. The highest BCUT2D eigenvalue weighted by atomic mass is 16.5. The molecule has 2 heterocycles. The lowest BCUT2D eigenvalue weighted by Gasteiger charge is -2.28. The molecular weight excluding hydrogens is 476 g/mol. The largest absolute Gasteiger partial charge is 0.507 e. The SMILES string of the molecule is CCc1ccc(C2/C(=C(/O)c3ccc4c(c3)N(C)CCO4)C(=O)C(=O)N2c2ccc(C(C)(C)C)cc2)cc1. The maximum Gasteiger partial charge on any atom is 0.300 e. The number of amides is 1. The van der Waals surface area contributed by atoms with Crippen molar-refractivity contribution in [3.8, 4) is 5.75 Å². The number of aliphatic hydroxyl groups is 1. The van der Waals surface area contributed by atoms with Gasteiger partial charge in [-0.2, -0.15) is 0 Å². The van der Waals surface area contributed by atoms with Crippen LogP contribution < -0.4 is 14.5 Å². The zero-order valence-corrected chi connectivity index (χ0v) is 22.6. The van der Waals surface area contributed by atoms with E-state index in [-0.39, 0.29) is 16.7 Å². The fourth-order valence-electron chi connectivity index (χ4n) is 5.13. The van der Waals surface area contributed by atoms with Gasteiger partial charge in [-0.05, 0) is 58.9 Å². The minimum absolute atomic E-state index is 0.0502. The molecule has 6 nitrogen and oxygen atoms in total. The van der Waals surface area contributed by atoms with Crippen molar-refractivity contribution in [2.45, 2.75) is 45.6 Å². The first kappa shape index (κ1) is 25.6. The molecule has 0 aliphatic carbocycles. The van der Waals surface area contributed by atoms with Crippen molar-refractivity contribution >= 4 is 28.8 Å². The number of nitrogens with zero attached hydrogens (tertiary/aromatic N) is 2. The van der Waals surface area contributed by atoms with Crippen LogP contribution >= 0.6 is 0 Å². The second kappa shape index (κ2) is 9.67. The summed E-state index contributed by atoms with van der Waals surface area (Å²) in [7, 11) is 1.96. The summed E-state index contributed by atoms with van der Waals surface area (Å²) in [6, 6.07) is 20.2. The summed E-state index contributed by atoms with van der Waals surface area (Å²) in [4.78, 5) is 30.6. The van der Waals surface area contributed by atoms with Crippen LogP contribution in [0.1, 0.15) is 56.0 Å². The fraction of sp³-hybridized carbons (Fsp3) is 0.312. The number of likely N-dealkylation sites (N-methyl/N-ethyl adjacent to an activating group) is 1. The minimum atomic E-state index is -0.758. The van der Waals surface area contributed by atoms with Gasteiger partial charge in [-0.1, -0.05) is 64.1 Å². The molecule has 2 aliphatic rings. The normalized spacial score (nSPS) is 18.9. The predicted octanol–water partition coefficient (Wildman–Crippen LogP) is 6.00. The van der Waals surface area contributed by atoms with Gasteiger partial charge in [0.1, 0.15) is 18.1 Å². The fourth-order valence-corrected chi connectivity index (χ4v) is 5.13. The van der Waals surface area contributed by atoms with Crippen molar-refractivity contribution in [3.05, 3.63) is 94.6 Å². The number of rotatable bonds is 4. The van der Waals surface area contributed by atoms with Gasteiger partial charge in [-0.3, -0.25) is 14.5 Å². The van der Waals surface area contributed by atoms with E-state index in [0.717, 1.165) is 41.1 Å². The number of carbonyl (C=O) groups excluding carboxylic acids is 2. The minimum Gasteiger partial charge on any atom is -0.507 e. The summed E-state index contributed by atoms with van der Waals surface area (Å²) in [5.41, 5.74) is 4.99. The molecule has 2 aliphatic heterocycles. The van der Waals surface area contributed by atoms with Gasteiger partial charge >= 0.3 is 0 Å². The summed E-state index contributed by atoms with van der Waals surface area (Å²) in [5.74, 6) is -0.822. The Morgan fingerprint density at radius 3 is 2.32 bits per heavy atom. The van der Waals surface area contributed by atoms with Crippen molar-refractivity contribution < 1.29 is 19.4 Å². The van der Waals surface area contributed by atoms with Crippen LogP contribution in [0.2, 0.25) is 0 Å². The Labute approximate surface area is 224 Å². The van der Waals surface area contributed by atoms with E-state index in [1.165, 1.54) is 4.90 Å². The van der Waals surface area contributed by atoms with Crippen LogP contribution in [-0.4, -0.2) is 37.0 Å². The van der Waals surface area contributed by atoms with E-state index in [0.29, 0.717) is 17.9 Å². The van der Waals surface area contributed by atoms with Crippen molar-refractivity contribution in [2.75, 3.05) is 30.0 Å². The van der Waals surface area contributed by atoms with E-state index < -0.39 is 17.7 Å². The van der Waals surface area contributed by atoms with Crippen LogP contribution in [-0.2, 0) is 21.4 Å². The highest BCUT2D eigenvalue weighted by Crippen LogP contribution is 2.43. The summed E-state index contributed by atoms with van der Waals surface area (Å²) in [5, 5.41) is 11.6. The molecule has 5 rings (SSSR count). The Hall–Kier alpha value is -4.06. The summed E-state index contributed by atoms with van der Waals surface area (Å²) < 4.78 is 5.74. The number of hydrogen-bond donors (Lipinski definition) is 1. The first-order chi connectivity index (χ1) is 18.1. The Morgan fingerprint density at radius 2 is 1.68 bits per heavy atom. The molecule has 1 amide bonds. The summed E-state index contributed by atoms with van der Waals surface area (Å²) in [6.45, 7) is 9.77. The third-order valence-electron chi connectivity index (χ3n) is 7.49. The Balaban J connectivity index is 1.66. The van der Waals surface area contributed by atoms with E-state index >= 15 is 0 Å². The van der Waals surface area contributed by atoms with E-state index in [9.17, 15) is 14.7 Å². The van der Waals surface area contributed by atoms with Gasteiger partial charge in [0.05, 0.1) is 23.8 Å². The van der Waals surface area contributed by atoms with Crippen molar-refractivity contribution in [2.24, 2.45) is 0 Å². The zero-order valence-electron chi connectivity index (χ0n) is 22.6. The molecule has 3 aromatic rings. The maximum absolute atomic E-state index is 13.5. The van der Waals surface area contributed by atoms with Crippen LogP contribution in [0.5, 0.6) is 5.75 Å². The summed E-state index contributed by atoms with van der Waals surface area (Å²) >= 11 is 0. The van der Waals surface area contributed by atoms with Crippen molar-refractivity contribution in [1.29, 1.82) is 0 Å². The van der Waals surface area contributed by atoms with E-state index in [4.69, 9.17) is 4.74 Å². The zero-order chi connectivity index (χ0) is 27.2. The lowest BCUT2D eigenvalue weighted by Crippen LogP contribution is -2.29. The Kier molecular flexibility index (Phi) is 6.51. The smallest absolute Gasteiger partial charge is 0.300 e. The average molecular weight is 511 g/mol. The Bertz CT molecular complexity index is 1420. The molecule has 3 aromatic carbocycles. The number of hydrogen-bond acceptors (Lipinski definition) is 5. The molecule has 38 heavy (non-hydrogen) atoms. The molecule has 1 N–H and O–H groups in total. The van der Waals surface area contributed by atoms with Gasteiger partial charge < -0.3 is 14.7 Å². The van der Waals surface area contributed by atoms with Crippen molar-refractivity contribution in [1.82, 2.24) is 0 Å². The quantitative estimate of drug-likeness (QED) is 0.265. The number of ether oxygens (including phenoxy) is 1. The van der Waals surface area contributed by atoms with Gasteiger partial charge in [-0.25, -0.2) is 0 Å². The van der Waals surface area contributed by atoms with Gasteiger partial charge in [0.15, 0.2) is 0 Å². The number of anilines is 2. The molecular formula is C32H34N2O4. The maximum atomic E-state index is 13.5. The number of carbonyl (C=O) groups is 2. The van der Waals surface area contributed by atoms with E-state index in [1.807, 2.05) is 66.5 Å².